The molecular formula is C16H29N3S. The molecular weight excluding hydrogens is 266 g/mol. The zero-order chi connectivity index (χ0) is 15.0. The molecule has 0 saturated carbocycles. The van der Waals surface area contributed by atoms with Crippen LogP contribution in [-0.4, -0.2) is 18.1 Å². The lowest BCUT2D eigenvalue weighted by Crippen LogP contribution is -2.26. The van der Waals surface area contributed by atoms with Gasteiger partial charge in [0, 0.05) is 29.9 Å². The Balaban J connectivity index is 2.25. The van der Waals surface area contributed by atoms with E-state index in [1.165, 1.54) is 35.0 Å². The number of rotatable bonds is 4. The van der Waals surface area contributed by atoms with Crippen LogP contribution in [0.15, 0.2) is 0 Å². The van der Waals surface area contributed by atoms with Gasteiger partial charge in [0.1, 0.15) is 0 Å². The Labute approximate surface area is 127 Å². The molecule has 0 atom stereocenters. The zero-order valence-corrected chi connectivity index (χ0v) is 14.4. The summed E-state index contributed by atoms with van der Waals surface area (Å²) in [6.45, 7) is 14.2. The van der Waals surface area contributed by atoms with Gasteiger partial charge in [-0.1, -0.05) is 34.6 Å². The van der Waals surface area contributed by atoms with E-state index in [9.17, 15) is 0 Å². The number of hydrogen-bond acceptors (Lipinski definition) is 4. The molecule has 2 N–H and O–H groups in total. The van der Waals surface area contributed by atoms with E-state index in [4.69, 9.17) is 10.7 Å². The van der Waals surface area contributed by atoms with Crippen molar-refractivity contribution in [3.63, 3.8) is 0 Å². The van der Waals surface area contributed by atoms with Crippen LogP contribution in [0, 0.1) is 5.41 Å². The standard InChI is InChI=1S/C16H29N3S/c1-6-16(7-2)8-9-19(11-16)14-18-13(15(3,4)5)12(10-17)20-14/h6-11,17H2,1-5H3. The molecule has 1 saturated heterocycles. The summed E-state index contributed by atoms with van der Waals surface area (Å²) in [5.41, 5.74) is 7.68. The molecule has 114 valence electrons. The van der Waals surface area contributed by atoms with Crippen molar-refractivity contribution in [2.45, 2.75) is 65.8 Å². The number of anilines is 1. The Bertz CT molecular complexity index is 455. The maximum atomic E-state index is 5.92. The quantitative estimate of drug-likeness (QED) is 0.915. The van der Waals surface area contributed by atoms with Gasteiger partial charge < -0.3 is 10.6 Å². The molecule has 0 aromatic carbocycles. The van der Waals surface area contributed by atoms with Gasteiger partial charge in [-0.2, -0.15) is 0 Å². The molecule has 2 rings (SSSR count). The van der Waals surface area contributed by atoms with E-state index in [1.807, 2.05) is 0 Å². The normalized spacial score (nSPS) is 18.8. The summed E-state index contributed by atoms with van der Waals surface area (Å²) in [4.78, 5) is 8.66. The minimum atomic E-state index is 0.0791. The van der Waals surface area contributed by atoms with Crippen molar-refractivity contribution in [3.8, 4) is 0 Å². The first-order chi connectivity index (χ1) is 9.35. The molecule has 0 unspecified atom stereocenters. The zero-order valence-electron chi connectivity index (χ0n) is 13.6. The number of hydrogen-bond donors (Lipinski definition) is 1. The maximum Gasteiger partial charge on any atom is 0.185 e. The van der Waals surface area contributed by atoms with Gasteiger partial charge >= 0.3 is 0 Å². The van der Waals surface area contributed by atoms with Crippen molar-refractivity contribution in [1.29, 1.82) is 0 Å². The van der Waals surface area contributed by atoms with Gasteiger partial charge in [0.15, 0.2) is 5.13 Å². The van der Waals surface area contributed by atoms with Gasteiger partial charge in [0.05, 0.1) is 5.69 Å². The molecule has 0 bridgehead atoms. The topological polar surface area (TPSA) is 42.2 Å². The lowest BCUT2D eigenvalue weighted by atomic mass is 9.82. The Morgan fingerprint density at radius 1 is 1.30 bits per heavy atom. The lowest BCUT2D eigenvalue weighted by Gasteiger charge is -2.26. The predicted molar refractivity (Wildman–Crippen MR) is 88.6 cm³/mol. The van der Waals surface area contributed by atoms with Gasteiger partial charge in [-0.3, -0.25) is 0 Å². The van der Waals surface area contributed by atoms with Gasteiger partial charge in [0.2, 0.25) is 0 Å². The highest BCUT2D eigenvalue weighted by Crippen LogP contribution is 2.41. The number of aromatic nitrogens is 1. The highest BCUT2D eigenvalue weighted by Gasteiger charge is 2.36. The molecule has 1 fully saturated rings. The second kappa shape index (κ2) is 5.64. The number of nitrogens with two attached hydrogens (primary N) is 1. The third-order valence-electron chi connectivity index (χ3n) is 4.79. The van der Waals surface area contributed by atoms with E-state index in [0.29, 0.717) is 12.0 Å². The summed E-state index contributed by atoms with van der Waals surface area (Å²) < 4.78 is 0. The first kappa shape index (κ1) is 15.8. The predicted octanol–water partition coefficient (Wildman–Crippen LogP) is 3.92. The molecule has 1 aromatic heterocycles. The van der Waals surface area contributed by atoms with Crippen LogP contribution < -0.4 is 10.6 Å². The molecule has 4 heteroatoms. The molecule has 0 aliphatic carbocycles. The van der Waals surface area contributed by atoms with Crippen LogP contribution >= 0.6 is 11.3 Å². The van der Waals surface area contributed by atoms with Crippen molar-refractivity contribution in [1.82, 2.24) is 4.98 Å². The van der Waals surface area contributed by atoms with Crippen LogP contribution in [0.2, 0.25) is 0 Å². The molecule has 1 aromatic rings. The van der Waals surface area contributed by atoms with E-state index in [2.05, 4.69) is 39.5 Å². The Morgan fingerprint density at radius 3 is 2.35 bits per heavy atom. The van der Waals surface area contributed by atoms with E-state index in [1.54, 1.807) is 11.3 Å². The summed E-state index contributed by atoms with van der Waals surface area (Å²) in [7, 11) is 0. The summed E-state index contributed by atoms with van der Waals surface area (Å²) in [6.07, 6.45) is 3.82. The molecule has 1 aliphatic heterocycles. The van der Waals surface area contributed by atoms with Crippen LogP contribution in [0.4, 0.5) is 5.13 Å². The highest BCUT2D eigenvalue weighted by atomic mass is 32.1. The maximum absolute atomic E-state index is 5.92. The average Bonchev–Trinajstić information content (AvgIpc) is 3.02. The second-order valence-electron chi connectivity index (χ2n) is 7.10. The van der Waals surface area contributed by atoms with Crippen molar-refractivity contribution in [2.24, 2.45) is 11.1 Å². The fourth-order valence-electron chi connectivity index (χ4n) is 3.12. The molecule has 1 aliphatic rings. The largest absolute Gasteiger partial charge is 0.348 e. The molecule has 3 nitrogen and oxygen atoms in total. The summed E-state index contributed by atoms with van der Waals surface area (Å²) in [6, 6.07) is 0. The van der Waals surface area contributed by atoms with Gasteiger partial charge in [-0.25, -0.2) is 4.98 Å². The smallest absolute Gasteiger partial charge is 0.185 e. The molecule has 0 radical (unpaired) electrons. The Morgan fingerprint density at radius 2 is 1.95 bits per heavy atom. The number of nitrogens with zero attached hydrogens (tertiary/aromatic N) is 2. The summed E-state index contributed by atoms with van der Waals surface area (Å²) in [5.74, 6) is 0. The van der Waals surface area contributed by atoms with E-state index < -0.39 is 0 Å². The van der Waals surface area contributed by atoms with Gasteiger partial charge in [0.25, 0.3) is 0 Å². The lowest BCUT2D eigenvalue weighted by molar-refractivity contribution is 0.301. The van der Waals surface area contributed by atoms with Gasteiger partial charge in [-0.05, 0) is 24.7 Å². The monoisotopic (exact) mass is 295 g/mol. The molecule has 0 spiro atoms. The van der Waals surface area contributed by atoms with E-state index >= 15 is 0 Å². The van der Waals surface area contributed by atoms with E-state index in [0.717, 1.165) is 13.1 Å². The fourth-order valence-corrected chi connectivity index (χ4v) is 4.30. The fraction of sp³-hybridized carbons (Fsp3) is 0.812. The minimum absolute atomic E-state index is 0.0791. The first-order valence-electron chi connectivity index (χ1n) is 7.80. The number of thiazole rings is 1. The molecule has 20 heavy (non-hydrogen) atoms. The molecule has 2 heterocycles. The van der Waals surface area contributed by atoms with Gasteiger partial charge in [-0.15, -0.1) is 11.3 Å². The Kier molecular flexibility index (Phi) is 4.45. The van der Waals surface area contributed by atoms with Crippen molar-refractivity contribution < 1.29 is 0 Å². The van der Waals surface area contributed by atoms with Crippen LogP contribution in [0.3, 0.4) is 0 Å². The van der Waals surface area contributed by atoms with Crippen LogP contribution in [-0.2, 0) is 12.0 Å². The summed E-state index contributed by atoms with van der Waals surface area (Å²) >= 11 is 1.80. The highest BCUT2D eigenvalue weighted by molar-refractivity contribution is 7.15. The minimum Gasteiger partial charge on any atom is -0.348 e. The van der Waals surface area contributed by atoms with Crippen LogP contribution in [0.1, 0.15) is 64.5 Å². The third-order valence-corrected chi connectivity index (χ3v) is 5.93. The Hall–Kier alpha value is -0.610. The first-order valence-corrected chi connectivity index (χ1v) is 8.62. The van der Waals surface area contributed by atoms with Crippen LogP contribution in [0.25, 0.3) is 0 Å². The molecule has 0 amide bonds. The van der Waals surface area contributed by atoms with E-state index in [-0.39, 0.29) is 5.41 Å². The third kappa shape index (κ3) is 2.86. The van der Waals surface area contributed by atoms with Crippen molar-refractivity contribution in [2.75, 3.05) is 18.0 Å². The average molecular weight is 295 g/mol. The van der Waals surface area contributed by atoms with Crippen molar-refractivity contribution in [3.05, 3.63) is 10.6 Å². The van der Waals surface area contributed by atoms with Crippen LogP contribution in [0.5, 0.6) is 0 Å². The summed E-state index contributed by atoms with van der Waals surface area (Å²) in [5, 5.41) is 1.18. The SMILES string of the molecule is CCC1(CC)CCN(c2nc(C(C)(C)C)c(CN)s2)C1. The second-order valence-corrected chi connectivity index (χ2v) is 8.16. The van der Waals surface area contributed by atoms with Crippen molar-refractivity contribution >= 4 is 16.5 Å².